The molecule has 0 aliphatic heterocycles. The second-order valence-corrected chi connectivity index (χ2v) is 5.21. The maximum Gasteiger partial charge on any atom is 0.255 e. The lowest BCUT2D eigenvalue weighted by atomic mass is 9.94. The van der Waals surface area contributed by atoms with Gasteiger partial charge >= 0.3 is 0 Å². The first-order chi connectivity index (χ1) is 9.74. The minimum atomic E-state index is -0.193. The van der Waals surface area contributed by atoms with E-state index in [0.29, 0.717) is 17.2 Å². The van der Waals surface area contributed by atoms with Crippen LogP contribution >= 0.6 is 0 Å². The largest absolute Gasteiger partial charge is 0.384 e. The monoisotopic (exact) mass is 271 g/mol. The van der Waals surface area contributed by atoms with E-state index >= 15 is 0 Å². The van der Waals surface area contributed by atoms with Gasteiger partial charge in [-0.25, -0.2) is 0 Å². The van der Waals surface area contributed by atoms with E-state index in [1.165, 1.54) is 19.3 Å². The molecule has 0 unspecified atom stereocenters. The van der Waals surface area contributed by atoms with Crippen LogP contribution in [0.3, 0.4) is 0 Å². The molecule has 1 aromatic carbocycles. The normalized spacial score (nSPS) is 15.3. The van der Waals surface area contributed by atoms with Gasteiger partial charge in [0.05, 0.1) is 5.56 Å². The molecule has 0 saturated heterocycles. The van der Waals surface area contributed by atoms with Gasteiger partial charge in [-0.3, -0.25) is 4.79 Å². The van der Waals surface area contributed by atoms with Crippen LogP contribution in [0.1, 0.15) is 48.0 Å². The van der Waals surface area contributed by atoms with E-state index < -0.39 is 0 Å². The summed E-state index contributed by atoms with van der Waals surface area (Å²) in [5.41, 5.74) is 1.32. The highest BCUT2D eigenvalue weighted by Gasteiger charge is 2.23. The highest BCUT2D eigenvalue weighted by molar-refractivity contribution is 5.96. The average molecular weight is 271 g/mol. The topological polar surface area (TPSA) is 40.5 Å². The van der Waals surface area contributed by atoms with Crippen LogP contribution in [0, 0.1) is 11.8 Å². The molecule has 3 nitrogen and oxygen atoms in total. The number of nitrogens with zero attached hydrogens (tertiary/aromatic N) is 1. The fourth-order valence-corrected chi connectivity index (χ4v) is 2.74. The summed E-state index contributed by atoms with van der Waals surface area (Å²) in [7, 11) is 1.88. The van der Waals surface area contributed by atoms with Crippen molar-refractivity contribution in [1.29, 1.82) is 0 Å². The Morgan fingerprint density at radius 2 is 2.00 bits per heavy atom. The molecule has 1 amide bonds. The second-order valence-electron chi connectivity index (χ2n) is 5.21. The third-order valence-corrected chi connectivity index (χ3v) is 3.90. The van der Waals surface area contributed by atoms with Gasteiger partial charge in [0.25, 0.3) is 5.91 Å². The summed E-state index contributed by atoms with van der Waals surface area (Å²) >= 11 is 0. The number of carbonyl (C=O) groups is 1. The van der Waals surface area contributed by atoms with Crippen LogP contribution in [0.15, 0.2) is 24.3 Å². The standard InChI is InChI=1S/C17H21NO2/c1-18(15-10-3-2-4-11-15)17(20)16-12-6-5-8-14(16)9-7-13-19/h5-6,8,12,15,19H,2-4,10-11,13H2,1H3. The predicted octanol–water partition coefficient (Wildman–Crippen LogP) is 2.44. The minimum absolute atomic E-state index is 0.0275. The molecular weight excluding hydrogens is 250 g/mol. The van der Waals surface area contributed by atoms with E-state index in [0.717, 1.165) is 12.8 Å². The van der Waals surface area contributed by atoms with Gasteiger partial charge in [-0.1, -0.05) is 43.2 Å². The van der Waals surface area contributed by atoms with Gasteiger partial charge in [0.1, 0.15) is 6.61 Å². The molecule has 1 N–H and O–H groups in total. The lowest BCUT2D eigenvalue weighted by Crippen LogP contribution is -2.38. The van der Waals surface area contributed by atoms with Crippen molar-refractivity contribution >= 4 is 5.91 Å². The molecule has 1 aliphatic carbocycles. The van der Waals surface area contributed by atoms with Crippen LogP contribution in [-0.2, 0) is 0 Å². The van der Waals surface area contributed by atoms with E-state index in [1.54, 1.807) is 0 Å². The molecule has 3 heteroatoms. The number of hydrogen-bond donors (Lipinski definition) is 1. The van der Waals surface area contributed by atoms with Crippen molar-refractivity contribution in [2.45, 2.75) is 38.1 Å². The summed E-state index contributed by atoms with van der Waals surface area (Å²) in [4.78, 5) is 14.5. The first kappa shape index (κ1) is 14.6. The second kappa shape index (κ2) is 7.12. The smallest absolute Gasteiger partial charge is 0.255 e. The fourth-order valence-electron chi connectivity index (χ4n) is 2.74. The van der Waals surface area contributed by atoms with E-state index in [9.17, 15) is 4.79 Å². The number of amides is 1. The Kier molecular flexibility index (Phi) is 5.20. The summed E-state index contributed by atoms with van der Waals surface area (Å²) in [6.45, 7) is -0.193. The number of rotatable bonds is 2. The lowest BCUT2D eigenvalue weighted by Gasteiger charge is -2.31. The van der Waals surface area contributed by atoms with Crippen molar-refractivity contribution in [3.63, 3.8) is 0 Å². The van der Waals surface area contributed by atoms with Gasteiger partial charge in [0.2, 0.25) is 0 Å². The highest BCUT2D eigenvalue weighted by atomic mass is 16.2. The third-order valence-electron chi connectivity index (χ3n) is 3.90. The molecule has 0 aromatic heterocycles. The van der Waals surface area contributed by atoms with Gasteiger partial charge in [0.15, 0.2) is 0 Å². The van der Waals surface area contributed by atoms with Crippen molar-refractivity contribution in [3.05, 3.63) is 35.4 Å². The average Bonchev–Trinajstić information content (AvgIpc) is 2.52. The van der Waals surface area contributed by atoms with Crippen LogP contribution in [-0.4, -0.2) is 35.6 Å². The zero-order valence-electron chi connectivity index (χ0n) is 11.9. The molecular formula is C17H21NO2. The molecule has 0 atom stereocenters. The molecule has 20 heavy (non-hydrogen) atoms. The van der Waals surface area contributed by atoms with Crippen molar-refractivity contribution in [1.82, 2.24) is 4.90 Å². The van der Waals surface area contributed by atoms with E-state index in [4.69, 9.17) is 5.11 Å². The first-order valence-electron chi connectivity index (χ1n) is 7.20. The molecule has 1 fully saturated rings. The molecule has 106 valence electrons. The Labute approximate surface area is 120 Å². The van der Waals surface area contributed by atoms with Gasteiger partial charge in [-0.05, 0) is 25.0 Å². The van der Waals surface area contributed by atoms with Crippen molar-refractivity contribution in [3.8, 4) is 11.8 Å². The third kappa shape index (κ3) is 3.40. The van der Waals surface area contributed by atoms with Crippen molar-refractivity contribution in [2.75, 3.05) is 13.7 Å². The Bertz CT molecular complexity index is 521. The number of carbonyl (C=O) groups excluding carboxylic acids is 1. The molecule has 2 rings (SSSR count). The summed E-state index contributed by atoms with van der Waals surface area (Å²) < 4.78 is 0. The summed E-state index contributed by atoms with van der Waals surface area (Å²) in [6, 6.07) is 7.69. The van der Waals surface area contributed by atoms with E-state index in [1.807, 2.05) is 36.2 Å². The van der Waals surface area contributed by atoms with Crippen molar-refractivity contribution in [2.24, 2.45) is 0 Å². The predicted molar refractivity (Wildman–Crippen MR) is 79.4 cm³/mol. The van der Waals surface area contributed by atoms with Gasteiger partial charge in [-0.2, -0.15) is 0 Å². The number of hydrogen-bond acceptors (Lipinski definition) is 2. The zero-order valence-corrected chi connectivity index (χ0v) is 11.9. The molecule has 0 radical (unpaired) electrons. The summed E-state index contributed by atoms with van der Waals surface area (Å²) in [5.74, 6) is 5.49. The van der Waals surface area contributed by atoms with Crippen LogP contribution in [0.4, 0.5) is 0 Å². The minimum Gasteiger partial charge on any atom is -0.384 e. The van der Waals surface area contributed by atoms with Crippen LogP contribution in [0.25, 0.3) is 0 Å². The molecule has 0 bridgehead atoms. The Hall–Kier alpha value is -1.79. The maximum atomic E-state index is 12.6. The number of aliphatic hydroxyl groups excluding tert-OH is 1. The first-order valence-corrected chi connectivity index (χ1v) is 7.20. The molecule has 1 saturated carbocycles. The van der Waals surface area contributed by atoms with E-state index in [2.05, 4.69) is 11.8 Å². The van der Waals surface area contributed by atoms with Crippen molar-refractivity contribution < 1.29 is 9.90 Å². The van der Waals surface area contributed by atoms with Crippen LogP contribution in [0.5, 0.6) is 0 Å². The fraction of sp³-hybridized carbons (Fsp3) is 0.471. The SMILES string of the molecule is CN(C(=O)c1ccccc1C#CCO)C1CCCCC1. The number of benzene rings is 1. The summed E-state index contributed by atoms with van der Waals surface area (Å²) in [5, 5.41) is 8.80. The van der Waals surface area contributed by atoms with E-state index in [-0.39, 0.29) is 12.5 Å². The van der Waals surface area contributed by atoms with Crippen LogP contribution in [0.2, 0.25) is 0 Å². The molecule has 0 heterocycles. The molecule has 1 aliphatic rings. The number of aliphatic hydroxyl groups is 1. The van der Waals surface area contributed by atoms with Crippen LogP contribution < -0.4 is 0 Å². The zero-order chi connectivity index (χ0) is 14.4. The Morgan fingerprint density at radius 3 is 2.70 bits per heavy atom. The molecule has 1 aromatic rings. The van der Waals surface area contributed by atoms with Gasteiger partial charge in [0, 0.05) is 18.7 Å². The lowest BCUT2D eigenvalue weighted by molar-refractivity contribution is 0.0696. The Balaban J connectivity index is 2.19. The maximum absolute atomic E-state index is 12.6. The molecule has 0 spiro atoms. The Morgan fingerprint density at radius 1 is 1.30 bits per heavy atom. The van der Waals surface area contributed by atoms with Gasteiger partial charge in [-0.15, -0.1) is 0 Å². The summed E-state index contributed by atoms with van der Waals surface area (Å²) in [6.07, 6.45) is 5.86. The highest BCUT2D eigenvalue weighted by Crippen LogP contribution is 2.23. The quantitative estimate of drug-likeness (QED) is 0.839. The van der Waals surface area contributed by atoms with Gasteiger partial charge < -0.3 is 10.0 Å².